The Morgan fingerprint density at radius 1 is 1.38 bits per heavy atom. The third-order valence-electron chi connectivity index (χ3n) is 2.15. The number of aromatic nitrogens is 1. The predicted molar refractivity (Wildman–Crippen MR) is 58.4 cm³/mol. The van der Waals surface area contributed by atoms with Crippen LogP contribution in [-0.2, 0) is 4.74 Å². The predicted octanol–water partition coefficient (Wildman–Crippen LogP) is 3.10. The summed E-state index contributed by atoms with van der Waals surface area (Å²) in [6, 6.07) is 0. The van der Waals surface area contributed by atoms with E-state index < -0.39 is 41.5 Å². The summed E-state index contributed by atoms with van der Waals surface area (Å²) in [5.41, 5.74) is -2.24. The molecular formula is C11H10F5NO4. The second-order valence-corrected chi connectivity index (χ2v) is 3.48. The Bertz CT molecular complexity index is 518. The number of hydrogen-bond acceptors (Lipinski definition) is 5. The molecule has 0 bridgehead atoms. The summed E-state index contributed by atoms with van der Waals surface area (Å²) in [6.07, 6.45) is -7.99. The third kappa shape index (κ3) is 4.17. The van der Waals surface area contributed by atoms with E-state index in [1.54, 1.807) is 0 Å². The molecular weight excluding hydrogens is 305 g/mol. The molecule has 0 fully saturated rings. The molecule has 1 rings (SSSR count). The van der Waals surface area contributed by atoms with E-state index in [1.165, 1.54) is 6.92 Å². The van der Waals surface area contributed by atoms with Gasteiger partial charge in [-0.1, -0.05) is 0 Å². The highest BCUT2D eigenvalue weighted by Crippen LogP contribution is 2.39. The molecule has 0 saturated carbocycles. The van der Waals surface area contributed by atoms with Crippen LogP contribution in [0.2, 0.25) is 0 Å². The summed E-state index contributed by atoms with van der Waals surface area (Å²) in [5.74, 6) is -3.20. The number of ether oxygens (including phenoxy) is 3. The van der Waals surface area contributed by atoms with Crippen LogP contribution in [-0.4, -0.2) is 31.0 Å². The van der Waals surface area contributed by atoms with E-state index in [9.17, 15) is 26.7 Å². The molecule has 0 spiro atoms. The van der Waals surface area contributed by atoms with Crippen molar-refractivity contribution in [3.63, 3.8) is 0 Å². The lowest BCUT2D eigenvalue weighted by molar-refractivity contribution is -0.275. The number of pyridine rings is 1. The first-order chi connectivity index (χ1) is 9.71. The van der Waals surface area contributed by atoms with Crippen LogP contribution in [0, 0.1) is 0 Å². The van der Waals surface area contributed by atoms with Crippen LogP contribution >= 0.6 is 0 Å². The first kappa shape index (κ1) is 16.9. The highest BCUT2D eigenvalue weighted by molar-refractivity contribution is 5.96. The second kappa shape index (κ2) is 6.55. The van der Waals surface area contributed by atoms with Crippen molar-refractivity contribution in [3.8, 4) is 11.5 Å². The maximum absolute atomic E-state index is 12.8. The van der Waals surface area contributed by atoms with Crippen molar-refractivity contribution in [2.24, 2.45) is 0 Å². The van der Waals surface area contributed by atoms with E-state index in [1.807, 2.05) is 0 Å². The van der Waals surface area contributed by atoms with E-state index in [2.05, 4.69) is 19.2 Å². The molecule has 0 aliphatic heterocycles. The van der Waals surface area contributed by atoms with Crippen LogP contribution in [0.1, 0.15) is 29.4 Å². The van der Waals surface area contributed by atoms with Crippen molar-refractivity contribution in [1.29, 1.82) is 0 Å². The van der Waals surface area contributed by atoms with E-state index in [-0.39, 0.29) is 6.61 Å². The third-order valence-corrected chi connectivity index (χ3v) is 2.15. The molecule has 118 valence electrons. The monoisotopic (exact) mass is 315 g/mol. The van der Waals surface area contributed by atoms with Gasteiger partial charge in [-0.25, -0.2) is 18.6 Å². The number of methoxy groups -OCH3 is 1. The smallest absolute Gasteiger partial charge is 0.494 e. The molecule has 1 heterocycles. The maximum Gasteiger partial charge on any atom is 0.573 e. The summed E-state index contributed by atoms with van der Waals surface area (Å²) < 4.78 is 75.3. The number of carbonyl (C=O) groups is 1. The van der Waals surface area contributed by atoms with E-state index in [0.717, 1.165) is 7.11 Å². The molecule has 0 saturated heterocycles. The lowest BCUT2D eigenvalue weighted by Gasteiger charge is -2.17. The Hall–Kier alpha value is -2.13. The lowest BCUT2D eigenvalue weighted by Crippen LogP contribution is -2.22. The van der Waals surface area contributed by atoms with Crippen LogP contribution in [0.5, 0.6) is 11.5 Å². The van der Waals surface area contributed by atoms with Gasteiger partial charge in [0.25, 0.3) is 6.43 Å². The first-order valence-corrected chi connectivity index (χ1v) is 5.49. The van der Waals surface area contributed by atoms with Crippen molar-refractivity contribution in [3.05, 3.63) is 17.5 Å². The standard InChI is InChI=1S/C11H10F5NO4/c1-3-20-10(18)6-5(19-2)4-17-7(9(12)13)8(6)21-11(14,15)16/h4,9H,3H2,1-2H3. The molecule has 0 amide bonds. The van der Waals surface area contributed by atoms with Crippen molar-refractivity contribution in [2.75, 3.05) is 13.7 Å². The molecule has 0 aliphatic rings. The molecule has 5 nitrogen and oxygen atoms in total. The highest BCUT2D eigenvalue weighted by Gasteiger charge is 2.38. The molecule has 0 N–H and O–H groups in total. The van der Waals surface area contributed by atoms with Gasteiger partial charge in [0.05, 0.1) is 19.9 Å². The van der Waals surface area contributed by atoms with Crippen LogP contribution in [0.3, 0.4) is 0 Å². The van der Waals surface area contributed by atoms with Crippen LogP contribution in [0.15, 0.2) is 6.20 Å². The summed E-state index contributed by atoms with van der Waals surface area (Å²) in [6.45, 7) is 1.21. The zero-order valence-electron chi connectivity index (χ0n) is 10.8. The van der Waals surface area contributed by atoms with E-state index in [0.29, 0.717) is 6.20 Å². The molecule has 1 aromatic heterocycles. The van der Waals surface area contributed by atoms with Gasteiger partial charge >= 0.3 is 12.3 Å². The van der Waals surface area contributed by atoms with Crippen molar-refractivity contribution in [1.82, 2.24) is 4.98 Å². The van der Waals surface area contributed by atoms with Crippen LogP contribution in [0.25, 0.3) is 0 Å². The first-order valence-electron chi connectivity index (χ1n) is 5.49. The molecule has 0 aromatic carbocycles. The Labute approximate surface area is 115 Å². The van der Waals surface area contributed by atoms with Crippen LogP contribution < -0.4 is 9.47 Å². The molecule has 0 radical (unpaired) electrons. The molecule has 0 atom stereocenters. The Morgan fingerprint density at radius 3 is 2.43 bits per heavy atom. The maximum atomic E-state index is 12.8. The van der Waals surface area contributed by atoms with Gasteiger partial charge in [-0.2, -0.15) is 0 Å². The number of hydrogen-bond donors (Lipinski definition) is 0. The summed E-state index contributed by atoms with van der Waals surface area (Å²) in [5, 5.41) is 0. The zero-order chi connectivity index (χ0) is 16.2. The fraction of sp³-hybridized carbons (Fsp3) is 0.455. The number of alkyl halides is 5. The summed E-state index contributed by atoms with van der Waals surface area (Å²) in [4.78, 5) is 14.8. The van der Waals surface area contributed by atoms with Gasteiger partial charge in [0.15, 0.2) is 11.5 Å². The van der Waals surface area contributed by atoms with E-state index >= 15 is 0 Å². The SMILES string of the molecule is CCOC(=O)c1c(OC)cnc(C(F)F)c1OC(F)(F)F. The molecule has 0 aliphatic carbocycles. The number of rotatable bonds is 5. The van der Waals surface area contributed by atoms with Crippen molar-refractivity contribution in [2.45, 2.75) is 19.7 Å². The zero-order valence-corrected chi connectivity index (χ0v) is 10.8. The highest BCUT2D eigenvalue weighted by atomic mass is 19.4. The average molecular weight is 315 g/mol. The fourth-order valence-electron chi connectivity index (χ4n) is 1.42. The van der Waals surface area contributed by atoms with Crippen molar-refractivity contribution < 1.29 is 41.0 Å². The van der Waals surface area contributed by atoms with Gasteiger partial charge in [0.2, 0.25) is 0 Å². The quantitative estimate of drug-likeness (QED) is 0.617. The normalized spacial score (nSPS) is 11.4. The van der Waals surface area contributed by atoms with Gasteiger partial charge in [-0.3, -0.25) is 0 Å². The van der Waals surface area contributed by atoms with Crippen LogP contribution in [0.4, 0.5) is 22.0 Å². The van der Waals surface area contributed by atoms with Gasteiger partial charge in [0, 0.05) is 0 Å². The molecule has 21 heavy (non-hydrogen) atoms. The number of nitrogens with zero attached hydrogens (tertiary/aromatic N) is 1. The van der Waals surface area contributed by atoms with E-state index in [4.69, 9.17) is 0 Å². The van der Waals surface area contributed by atoms with Gasteiger partial charge in [-0.05, 0) is 6.92 Å². The van der Waals surface area contributed by atoms with Gasteiger partial charge < -0.3 is 14.2 Å². The summed E-state index contributed by atoms with van der Waals surface area (Å²) in [7, 11) is 1.03. The number of carbonyl (C=O) groups excluding carboxylic acids is 1. The minimum absolute atomic E-state index is 0.181. The minimum atomic E-state index is -5.29. The topological polar surface area (TPSA) is 57.7 Å². The lowest BCUT2D eigenvalue weighted by atomic mass is 10.1. The number of halogens is 5. The second-order valence-electron chi connectivity index (χ2n) is 3.48. The minimum Gasteiger partial charge on any atom is -0.494 e. The molecule has 0 unspecified atom stereocenters. The molecule has 1 aromatic rings. The Kier molecular flexibility index (Phi) is 5.28. The average Bonchev–Trinajstić information content (AvgIpc) is 2.35. The Morgan fingerprint density at radius 2 is 2.00 bits per heavy atom. The fourth-order valence-corrected chi connectivity index (χ4v) is 1.42. The number of esters is 1. The Balaban J connectivity index is 3.52. The summed E-state index contributed by atoms with van der Waals surface area (Å²) >= 11 is 0. The van der Waals surface area contributed by atoms with Gasteiger partial charge in [0.1, 0.15) is 11.3 Å². The van der Waals surface area contributed by atoms with Crippen molar-refractivity contribution >= 4 is 5.97 Å². The van der Waals surface area contributed by atoms with Gasteiger partial charge in [-0.15, -0.1) is 13.2 Å². The largest absolute Gasteiger partial charge is 0.573 e. The molecule has 10 heteroatoms.